The van der Waals surface area contributed by atoms with Crippen molar-refractivity contribution >= 4 is 42.1 Å². The van der Waals surface area contributed by atoms with E-state index in [1.165, 1.54) is 38.8 Å². The number of hydrogen-bond acceptors (Lipinski definition) is 9. The second-order valence-electron chi connectivity index (χ2n) is 7.47. The summed E-state index contributed by atoms with van der Waals surface area (Å²) in [6.07, 6.45) is 6.23. The van der Waals surface area contributed by atoms with Crippen molar-refractivity contribution in [1.82, 2.24) is 30.2 Å². The van der Waals surface area contributed by atoms with E-state index >= 15 is 0 Å². The van der Waals surface area contributed by atoms with Crippen LogP contribution in [0.5, 0.6) is 0 Å². The van der Waals surface area contributed by atoms with E-state index in [1.807, 2.05) is 6.92 Å². The van der Waals surface area contributed by atoms with Gasteiger partial charge in [0.1, 0.15) is 18.0 Å². The zero-order valence-corrected chi connectivity index (χ0v) is 20.3. The van der Waals surface area contributed by atoms with Gasteiger partial charge in [-0.15, -0.1) is 0 Å². The Kier molecular flexibility index (Phi) is 8.44. The molecule has 0 fully saturated rings. The number of carbonyl (C=O) groups is 1. The number of aromatic nitrogens is 5. The van der Waals surface area contributed by atoms with E-state index in [2.05, 4.69) is 41.0 Å². The van der Waals surface area contributed by atoms with Gasteiger partial charge < -0.3 is 10.6 Å². The Balaban J connectivity index is 0.00000342. The molecule has 10 nitrogen and oxygen atoms in total. The lowest BCUT2D eigenvalue weighted by Crippen LogP contribution is -2.19. The zero-order chi connectivity index (χ0) is 24.1. The van der Waals surface area contributed by atoms with Crippen LogP contribution < -0.4 is 16.1 Å². The summed E-state index contributed by atoms with van der Waals surface area (Å²) in [6.45, 7) is 2.49. The largest absolute Gasteiger partial charge is 0.369 e. The van der Waals surface area contributed by atoms with Crippen LogP contribution in [0.2, 0.25) is 0 Å². The molecule has 3 heterocycles. The van der Waals surface area contributed by atoms with Gasteiger partial charge in [0, 0.05) is 55.1 Å². The minimum Gasteiger partial charge on any atom is -0.369 e. The molecule has 0 bridgehead atoms. The third-order valence-corrected chi connectivity index (χ3v) is 5.27. The molecular weight excluding hydrogens is 471 g/mol. The van der Waals surface area contributed by atoms with Crippen molar-refractivity contribution in [3.63, 3.8) is 0 Å². The second-order valence-corrected chi connectivity index (χ2v) is 7.47. The first kappa shape index (κ1) is 25.7. The maximum Gasteiger partial charge on any atom is 0.251 e. The number of nitrogens with one attached hydrogen (secondary N) is 3. The van der Waals surface area contributed by atoms with Crippen LogP contribution in [0.25, 0.3) is 22.2 Å². The van der Waals surface area contributed by atoms with Crippen LogP contribution in [0.15, 0.2) is 49.2 Å². The number of carbonyl (C=O) groups excluding carboxylic acids is 1. The number of benzene rings is 1. The van der Waals surface area contributed by atoms with Gasteiger partial charge in [0.25, 0.3) is 5.91 Å². The highest BCUT2D eigenvalue weighted by molar-refractivity contribution is 7.59. The van der Waals surface area contributed by atoms with E-state index in [-0.39, 0.29) is 36.3 Å². The molecule has 1 amide bonds. The Hall–Kier alpha value is -3.90. The van der Waals surface area contributed by atoms with Crippen LogP contribution in [0.3, 0.4) is 0 Å². The van der Waals surface area contributed by atoms with Gasteiger partial charge in [0.15, 0.2) is 0 Å². The Morgan fingerprint density at radius 3 is 2.60 bits per heavy atom. The molecule has 0 saturated carbocycles. The van der Waals surface area contributed by atoms with Crippen molar-refractivity contribution < 1.29 is 14.0 Å². The minimum atomic E-state index is -0.486. The quantitative estimate of drug-likeness (QED) is 0.315. The van der Waals surface area contributed by atoms with E-state index in [0.29, 0.717) is 29.5 Å². The number of hydrogen-bond donors (Lipinski definition) is 3. The fourth-order valence-corrected chi connectivity index (χ4v) is 3.55. The number of amides is 1. The van der Waals surface area contributed by atoms with Crippen molar-refractivity contribution in [2.24, 2.45) is 0 Å². The van der Waals surface area contributed by atoms with Gasteiger partial charge in [0.2, 0.25) is 5.95 Å². The lowest BCUT2D eigenvalue weighted by atomic mass is 9.95. The van der Waals surface area contributed by atoms with E-state index in [4.69, 9.17) is 4.84 Å². The number of pyridine rings is 1. The van der Waals surface area contributed by atoms with Crippen molar-refractivity contribution in [1.29, 1.82) is 0 Å². The first-order valence-electron chi connectivity index (χ1n) is 10.5. The molecule has 0 radical (unpaired) electrons. The van der Waals surface area contributed by atoms with Gasteiger partial charge in [-0.05, 0) is 17.7 Å². The predicted octanol–water partition coefficient (Wildman–Crippen LogP) is 3.28. The normalized spacial score (nSPS) is 11.4. The molecule has 12 heteroatoms. The number of rotatable bonds is 8. The van der Waals surface area contributed by atoms with Gasteiger partial charge in [-0.25, -0.2) is 29.8 Å². The summed E-state index contributed by atoms with van der Waals surface area (Å²) in [6, 6.07) is 6.37. The molecule has 0 aliphatic heterocycles. The Morgan fingerprint density at radius 1 is 1.11 bits per heavy atom. The summed E-state index contributed by atoms with van der Waals surface area (Å²) in [7, 11) is 2.99. The maximum atomic E-state index is 14.6. The van der Waals surface area contributed by atoms with Crippen molar-refractivity contribution in [2.75, 3.05) is 31.5 Å². The molecule has 1 atom stereocenters. The molecule has 4 rings (SSSR count). The van der Waals surface area contributed by atoms with Crippen LogP contribution in [0.4, 0.5) is 16.2 Å². The highest BCUT2D eigenvalue weighted by Crippen LogP contribution is 2.29. The third-order valence-electron chi connectivity index (χ3n) is 5.27. The Morgan fingerprint density at radius 2 is 1.89 bits per heavy atom. The number of nitrogens with zero attached hydrogens (tertiary/aromatic N) is 5. The molecule has 0 aliphatic carbocycles. The van der Waals surface area contributed by atoms with Crippen LogP contribution in [0.1, 0.15) is 28.8 Å². The molecule has 182 valence electrons. The Labute approximate surface area is 208 Å². The van der Waals surface area contributed by atoms with Gasteiger partial charge >= 0.3 is 0 Å². The Bertz CT molecular complexity index is 1320. The van der Waals surface area contributed by atoms with Crippen molar-refractivity contribution in [3.8, 4) is 11.3 Å². The molecule has 35 heavy (non-hydrogen) atoms. The molecule has 4 aromatic rings. The highest BCUT2D eigenvalue weighted by atomic mass is 32.1. The summed E-state index contributed by atoms with van der Waals surface area (Å²) in [4.78, 5) is 38.2. The maximum absolute atomic E-state index is 14.6. The van der Waals surface area contributed by atoms with E-state index in [1.54, 1.807) is 24.5 Å². The number of fused-ring (bicyclic) bond motifs is 1. The topological polar surface area (TPSA) is 127 Å². The predicted molar refractivity (Wildman–Crippen MR) is 136 cm³/mol. The summed E-state index contributed by atoms with van der Waals surface area (Å²) in [5.74, 6) is 0.0444. The number of anilines is 2. The number of halogens is 1. The fraction of sp³-hybridized carbons (Fsp3) is 0.217. The van der Waals surface area contributed by atoms with E-state index < -0.39 is 5.82 Å². The molecular formula is C23H25FN8O2S. The van der Waals surface area contributed by atoms with Crippen molar-refractivity contribution in [2.45, 2.75) is 12.8 Å². The average Bonchev–Trinajstić information content (AvgIpc) is 2.87. The van der Waals surface area contributed by atoms with Gasteiger partial charge in [0.05, 0.1) is 23.9 Å². The summed E-state index contributed by atoms with van der Waals surface area (Å²) in [5, 5.41) is 6.04. The molecule has 0 aliphatic rings. The van der Waals surface area contributed by atoms with Crippen LogP contribution in [-0.2, 0) is 4.84 Å². The molecule has 0 unspecified atom stereocenters. The minimum absolute atomic E-state index is 0. The molecule has 1 aromatic carbocycles. The molecule has 0 saturated heterocycles. The smallest absolute Gasteiger partial charge is 0.251 e. The molecule has 3 aromatic heterocycles. The lowest BCUT2D eigenvalue weighted by molar-refractivity contribution is 0.0964. The first-order valence-corrected chi connectivity index (χ1v) is 10.5. The first-order chi connectivity index (χ1) is 16.5. The third kappa shape index (κ3) is 5.61. The van der Waals surface area contributed by atoms with Crippen LogP contribution >= 0.6 is 13.5 Å². The summed E-state index contributed by atoms with van der Waals surface area (Å²) < 4.78 is 14.6. The lowest BCUT2D eigenvalue weighted by Gasteiger charge is -2.17. The van der Waals surface area contributed by atoms with Crippen LogP contribution in [0, 0.1) is 5.82 Å². The van der Waals surface area contributed by atoms with E-state index in [0.717, 1.165) is 11.1 Å². The monoisotopic (exact) mass is 496 g/mol. The van der Waals surface area contributed by atoms with E-state index in [9.17, 15) is 9.18 Å². The SMILES string of the molecule is CNC(=O)c1ccnc2c([C@H](C)CNc3cc(-c4cnc(NOC)nc4)ncn3)ccc(F)c12.S. The van der Waals surface area contributed by atoms with Gasteiger partial charge in [-0.1, -0.05) is 13.0 Å². The van der Waals surface area contributed by atoms with Gasteiger partial charge in [-0.2, -0.15) is 13.5 Å². The van der Waals surface area contributed by atoms with Crippen molar-refractivity contribution in [3.05, 3.63) is 66.1 Å². The summed E-state index contributed by atoms with van der Waals surface area (Å²) >= 11 is 0. The fourth-order valence-electron chi connectivity index (χ4n) is 3.55. The molecule has 0 spiro atoms. The highest BCUT2D eigenvalue weighted by Gasteiger charge is 2.18. The van der Waals surface area contributed by atoms with Gasteiger partial charge in [-0.3, -0.25) is 14.6 Å². The molecule has 3 N–H and O–H groups in total. The average molecular weight is 497 g/mol. The zero-order valence-electron chi connectivity index (χ0n) is 19.3. The van der Waals surface area contributed by atoms with Crippen LogP contribution in [-0.4, -0.2) is 51.5 Å². The standard InChI is InChI=1S/C23H23FN8O2.H2S/c1-13(15-4-5-17(24)20-16(22(33)25-2)6-7-26-21(15)20)9-27-19-8-18(30-12-31-19)14-10-28-23(29-11-14)32-34-3;/h4-8,10-13H,9H2,1-3H3,(H,25,33)(H,27,30,31)(H,28,29,32);1H2/t13-;/m1./s1. The summed E-state index contributed by atoms with van der Waals surface area (Å²) in [5.41, 5.74) is 5.45. The second kappa shape index (κ2) is 11.5.